The van der Waals surface area contributed by atoms with Gasteiger partial charge in [0, 0.05) is 12.8 Å². The molecule has 250 valence electrons. The Morgan fingerprint density at radius 1 is 1.05 bits per heavy atom. The Kier molecular flexibility index (Phi) is 11.4. The molecule has 3 aliphatic carbocycles. The lowest BCUT2D eigenvalue weighted by Crippen LogP contribution is -2.56. The van der Waals surface area contributed by atoms with Gasteiger partial charge in [-0.15, -0.1) is 0 Å². The van der Waals surface area contributed by atoms with Crippen molar-refractivity contribution in [2.45, 2.75) is 155 Å². The highest BCUT2D eigenvalue weighted by atomic mass is 28.4. The molecular weight excluding hydrogens is 581 g/mol. The lowest BCUT2D eigenvalue weighted by molar-refractivity contribution is -0.215. The van der Waals surface area contributed by atoms with Crippen molar-refractivity contribution >= 4 is 22.6 Å². The number of allylic oxidation sites excluding steroid dienone is 5. The van der Waals surface area contributed by atoms with Crippen LogP contribution in [0.4, 0.5) is 0 Å². The minimum Gasteiger partial charge on any atom is -0.464 e. The molecule has 3 aliphatic rings. The second-order valence-corrected chi connectivity index (χ2v) is 26.2. The van der Waals surface area contributed by atoms with Gasteiger partial charge in [0.05, 0.1) is 12.7 Å². The minimum atomic E-state index is -2.33. The predicted octanol–water partition coefficient (Wildman–Crippen LogP) is 10.4. The third-order valence-electron chi connectivity index (χ3n) is 11.6. The van der Waals surface area contributed by atoms with Gasteiger partial charge in [-0.25, -0.2) is 4.79 Å². The first-order valence-electron chi connectivity index (χ1n) is 17.1. The van der Waals surface area contributed by atoms with Crippen LogP contribution in [0.3, 0.4) is 0 Å². The Morgan fingerprint density at radius 2 is 1.68 bits per heavy atom. The summed E-state index contributed by atoms with van der Waals surface area (Å²) in [6, 6.07) is 0. The largest absolute Gasteiger partial charge is 0.464 e. The maximum atomic E-state index is 12.6. The van der Waals surface area contributed by atoms with Crippen molar-refractivity contribution in [2.24, 2.45) is 11.3 Å². The van der Waals surface area contributed by atoms with Crippen molar-refractivity contribution in [2.75, 3.05) is 13.2 Å². The van der Waals surface area contributed by atoms with Gasteiger partial charge < -0.3 is 18.3 Å². The molecule has 0 aliphatic heterocycles. The van der Waals surface area contributed by atoms with Gasteiger partial charge in [0.15, 0.2) is 22.4 Å². The van der Waals surface area contributed by atoms with Crippen LogP contribution in [0, 0.1) is 11.3 Å². The van der Waals surface area contributed by atoms with Gasteiger partial charge in [0.1, 0.15) is 6.61 Å². The summed E-state index contributed by atoms with van der Waals surface area (Å²) >= 11 is 0. The van der Waals surface area contributed by atoms with E-state index >= 15 is 0 Å². The highest BCUT2D eigenvalue weighted by molar-refractivity contribution is 6.74. The Balaban J connectivity index is 2.10. The summed E-state index contributed by atoms with van der Waals surface area (Å²) in [5.74, 6) is -0.821. The maximum absolute atomic E-state index is 12.6. The lowest BCUT2D eigenvalue weighted by Gasteiger charge is -2.51. The summed E-state index contributed by atoms with van der Waals surface area (Å²) in [5, 5.41) is -0.00722. The average Bonchev–Trinajstić information content (AvgIpc) is 3.23. The van der Waals surface area contributed by atoms with Crippen molar-refractivity contribution < 1.29 is 23.1 Å². The van der Waals surface area contributed by atoms with Crippen LogP contribution >= 0.6 is 0 Å². The van der Waals surface area contributed by atoms with Crippen LogP contribution in [-0.2, 0) is 23.1 Å². The summed E-state index contributed by atoms with van der Waals surface area (Å²) in [6.07, 6.45) is 13.8. The van der Waals surface area contributed by atoms with Gasteiger partial charge in [-0.1, -0.05) is 91.3 Å². The molecule has 0 aromatic heterocycles. The molecule has 0 saturated heterocycles. The van der Waals surface area contributed by atoms with E-state index in [9.17, 15) is 4.79 Å². The third-order valence-corrected chi connectivity index (χ3v) is 20.6. The van der Waals surface area contributed by atoms with Crippen molar-refractivity contribution in [3.8, 4) is 0 Å². The number of carbonyl (C=O) groups excluding carboxylic acids is 1. The molecule has 0 amide bonds. The number of fused-ring (bicyclic) bond motifs is 1. The fraction of sp³-hybridized carbons (Fsp3) is 0.757. The molecule has 0 spiro atoms. The van der Waals surface area contributed by atoms with Gasteiger partial charge in [-0.2, -0.15) is 0 Å². The van der Waals surface area contributed by atoms with Crippen LogP contribution in [0.1, 0.15) is 107 Å². The Hall–Kier alpha value is -1.26. The molecule has 5 nitrogen and oxygen atoms in total. The molecule has 44 heavy (non-hydrogen) atoms. The van der Waals surface area contributed by atoms with E-state index in [1.54, 1.807) is 5.57 Å². The fourth-order valence-corrected chi connectivity index (χ4v) is 9.53. The molecule has 0 unspecified atom stereocenters. The first kappa shape index (κ1) is 37.2. The van der Waals surface area contributed by atoms with Gasteiger partial charge in [-0.05, 0) is 97.8 Å². The van der Waals surface area contributed by atoms with E-state index in [0.717, 1.165) is 30.4 Å². The first-order valence-corrected chi connectivity index (χ1v) is 22.9. The van der Waals surface area contributed by atoms with Crippen LogP contribution in [0.2, 0.25) is 36.3 Å². The monoisotopic (exact) mass is 644 g/mol. The van der Waals surface area contributed by atoms with Crippen LogP contribution in [-0.4, -0.2) is 47.7 Å². The van der Waals surface area contributed by atoms with E-state index in [1.807, 2.05) is 6.92 Å². The minimum absolute atomic E-state index is 0.0321. The lowest BCUT2D eigenvalue weighted by atomic mass is 9.64. The average molecular weight is 645 g/mol. The molecule has 0 radical (unpaired) electrons. The Labute approximate surface area is 272 Å². The zero-order chi connectivity index (χ0) is 33.4. The summed E-state index contributed by atoms with van der Waals surface area (Å²) in [5.41, 5.74) is 5.55. The molecule has 2 saturated carbocycles. The van der Waals surface area contributed by atoms with E-state index in [0.29, 0.717) is 25.4 Å². The molecule has 3 rings (SSSR count). The van der Waals surface area contributed by atoms with E-state index in [4.69, 9.17) is 18.3 Å². The van der Waals surface area contributed by atoms with Gasteiger partial charge in [-0.3, -0.25) is 0 Å². The summed E-state index contributed by atoms with van der Waals surface area (Å²) in [7, 11) is -4.50. The topological polar surface area (TPSA) is 54.0 Å². The molecule has 0 bridgehead atoms. The molecule has 0 aromatic rings. The van der Waals surface area contributed by atoms with E-state index < -0.39 is 22.4 Å². The number of esters is 1. The van der Waals surface area contributed by atoms with E-state index in [2.05, 4.69) is 106 Å². The number of hydrogen-bond donors (Lipinski definition) is 0. The van der Waals surface area contributed by atoms with Crippen molar-refractivity contribution in [3.05, 3.63) is 47.1 Å². The summed E-state index contributed by atoms with van der Waals surface area (Å²) in [4.78, 5) is 12.6. The molecule has 0 heterocycles. The fourth-order valence-electron chi connectivity index (χ4n) is 6.79. The van der Waals surface area contributed by atoms with E-state index in [1.165, 1.54) is 18.4 Å². The smallest absolute Gasteiger partial charge is 0.332 e. The highest BCUT2D eigenvalue weighted by Crippen LogP contribution is 2.55. The van der Waals surface area contributed by atoms with Gasteiger partial charge in [0.25, 0.3) is 0 Å². The standard InChI is InChI=1S/C37H64O5Si2/c1-15-30-21-22-31-28(18-17-23-36(30,31)10)19-20-29-24-37(40-26-33(38)39-16-2,42-44(13,14)35(7,8)9)25-32(27(29)3)41-43(11,12)34(4,5)6/h19-21,31-32H,3,15-18,22-26H2,1-2,4-14H3/t31-,32-,36+,37+/m0/s1. The highest BCUT2D eigenvalue weighted by Gasteiger charge is 2.52. The van der Waals surface area contributed by atoms with E-state index in [-0.39, 0.29) is 34.2 Å². The van der Waals surface area contributed by atoms with Crippen LogP contribution in [0.15, 0.2) is 47.1 Å². The quantitative estimate of drug-likeness (QED) is 0.102. The number of rotatable bonds is 10. The summed E-state index contributed by atoms with van der Waals surface area (Å²) in [6.45, 7) is 34.0. The molecule has 7 heteroatoms. The Morgan fingerprint density at radius 3 is 2.25 bits per heavy atom. The molecular formula is C37H64O5Si2. The predicted molar refractivity (Wildman–Crippen MR) is 189 cm³/mol. The Bertz CT molecular complexity index is 1170. The van der Waals surface area contributed by atoms with Crippen LogP contribution < -0.4 is 0 Å². The number of ether oxygens (including phenoxy) is 2. The van der Waals surface area contributed by atoms with Crippen molar-refractivity contribution in [1.29, 1.82) is 0 Å². The van der Waals surface area contributed by atoms with Gasteiger partial charge >= 0.3 is 5.97 Å². The molecule has 0 N–H and O–H groups in total. The normalized spacial score (nSPS) is 30.5. The SMILES string of the molecule is C=C1C(=CC=C2CCC[C@]3(C)C(CC)=CC[C@@H]23)C[C@@](OCC(=O)OCC)(O[Si](C)(C)C(C)(C)C)C[C@@H]1O[Si](C)(C)C(C)(C)C. The number of carbonyl (C=O) groups is 1. The molecule has 2 fully saturated rings. The second kappa shape index (κ2) is 13.5. The molecule has 0 aromatic carbocycles. The maximum Gasteiger partial charge on any atom is 0.332 e. The summed E-state index contributed by atoms with van der Waals surface area (Å²) < 4.78 is 26.2. The third kappa shape index (κ3) is 7.99. The number of hydrogen-bond acceptors (Lipinski definition) is 5. The van der Waals surface area contributed by atoms with Crippen molar-refractivity contribution in [1.82, 2.24) is 0 Å². The van der Waals surface area contributed by atoms with Crippen LogP contribution in [0.25, 0.3) is 0 Å². The second-order valence-electron chi connectivity index (χ2n) is 16.7. The zero-order valence-electron chi connectivity index (χ0n) is 30.5. The van der Waals surface area contributed by atoms with Crippen LogP contribution in [0.5, 0.6) is 0 Å². The van der Waals surface area contributed by atoms with Crippen molar-refractivity contribution in [3.63, 3.8) is 0 Å². The first-order chi connectivity index (χ1) is 20.1. The molecule has 4 atom stereocenters. The van der Waals surface area contributed by atoms with Gasteiger partial charge in [0.2, 0.25) is 0 Å². The zero-order valence-corrected chi connectivity index (χ0v) is 32.5.